The fourth-order valence-corrected chi connectivity index (χ4v) is 3.33. The number of amides is 1. The molecule has 26 heavy (non-hydrogen) atoms. The van der Waals surface area contributed by atoms with E-state index in [0.717, 1.165) is 5.76 Å². The van der Waals surface area contributed by atoms with Crippen molar-refractivity contribution in [3.63, 3.8) is 0 Å². The van der Waals surface area contributed by atoms with Gasteiger partial charge in [0, 0.05) is 26.2 Å². The normalized spacial score (nSPS) is 11.3. The molecule has 0 unspecified atom stereocenters. The topological polar surface area (TPSA) is 120 Å². The minimum atomic E-state index is -3.84. The lowest BCUT2D eigenvalue weighted by atomic mass is 10.4. The first-order valence-electron chi connectivity index (χ1n) is 7.79. The fraction of sp³-hybridized carbons (Fsp3) is 0.375. The molecular formula is C16H21N3O6S. The molecule has 0 bridgehead atoms. The summed E-state index contributed by atoms with van der Waals surface area (Å²) in [6, 6.07) is 4.76. The molecule has 2 heterocycles. The summed E-state index contributed by atoms with van der Waals surface area (Å²) in [4.78, 5) is 23.3. The van der Waals surface area contributed by atoms with Crippen LogP contribution in [0.2, 0.25) is 0 Å². The molecule has 2 aromatic rings. The van der Waals surface area contributed by atoms with Crippen LogP contribution in [-0.2, 0) is 33.1 Å². The van der Waals surface area contributed by atoms with Gasteiger partial charge in [0.1, 0.15) is 22.1 Å². The molecule has 0 spiro atoms. The first-order valence-corrected chi connectivity index (χ1v) is 9.27. The van der Waals surface area contributed by atoms with Crippen molar-refractivity contribution in [2.24, 2.45) is 7.05 Å². The number of aryl methyl sites for hydroxylation is 2. The quantitative estimate of drug-likeness (QED) is 0.648. The average Bonchev–Trinajstić information content (AvgIpc) is 3.18. The molecule has 2 N–H and O–H groups in total. The summed E-state index contributed by atoms with van der Waals surface area (Å²) in [5.41, 5.74) is 0.111. The van der Waals surface area contributed by atoms with Crippen molar-refractivity contribution in [3.8, 4) is 0 Å². The zero-order valence-electron chi connectivity index (χ0n) is 14.7. The summed E-state index contributed by atoms with van der Waals surface area (Å²) in [7, 11) is -1.09. The van der Waals surface area contributed by atoms with Crippen LogP contribution in [0.3, 0.4) is 0 Å². The predicted octanol–water partition coefficient (Wildman–Crippen LogP) is 0.698. The second-order valence-electron chi connectivity index (χ2n) is 5.60. The van der Waals surface area contributed by atoms with Gasteiger partial charge in [0.15, 0.2) is 0 Å². The van der Waals surface area contributed by atoms with Gasteiger partial charge in [-0.2, -0.15) is 0 Å². The number of carbonyl (C=O) groups excluding carboxylic acids is 2. The highest BCUT2D eigenvalue weighted by atomic mass is 32.2. The van der Waals surface area contributed by atoms with Crippen LogP contribution in [0.1, 0.15) is 28.4 Å². The van der Waals surface area contributed by atoms with Crippen LogP contribution in [0.5, 0.6) is 0 Å². The van der Waals surface area contributed by atoms with E-state index < -0.39 is 16.0 Å². The minimum Gasteiger partial charge on any atom is -0.465 e. The molecule has 0 aromatic carbocycles. The molecule has 0 atom stereocenters. The Morgan fingerprint density at radius 1 is 1.31 bits per heavy atom. The second-order valence-corrected chi connectivity index (χ2v) is 7.37. The Morgan fingerprint density at radius 3 is 2.65 bits per heavy atom. The number of aromatic nitrogens is 1. The molecule has 0 fully saturated rings. The standard InChI is InChI=1S/C16H21N3O6S/c1-11-4-5-12(25-11)9-17-15(20)6-7-18-26(22,23)13-8-14(16(21)24-3)19(2)10-13/h4-5,8,10,18H,6-7,9H2,1-3H3,(H,17,20). The maximum atomic E-state index is 12.2. The molecule has 2 aromatic heterocycles. The molecule has 0 aliphatic carbocycles. The van der Waals surface area contributed by atoms with Gasteiger partial charge in [-0.3, -0.25) is 4.79 Å². The number of hydrogen-bond donors (Lipinski definition) is 2. The molecule has 0 aliphatic heterocycles. The van der Waals surface area contributed by atoms with E-state index in [-0.39, 0.29) is 36.0 Å². The third-order valence-electron chi connectivity index (χ3n) is 3.58. The van der Waals surface area contributed by atoms with E-state index in [9.17, 15) is 18.0 Å². The molecule has 0 radical (unpaired) electrons. The average molecular weight is 383 g/mol. The maximum absolute atomic E-state index is 12.2. The number of nitrogens with zero attached hydrogens (tertiary/aromatic N) is 1. The van der Waals surface area contributed by atoms with E-state index in [1.165, 1.54) is 31.0 Å². The second kappa shape index (κ2) is 8.19. The van der Waals surface area contributed by atoms with E-state index in [1.54, 1.807) is 19.1 Å². The molecule has 2 rings (SSSR count). The number of esters is 1. The Morgan fingerprint density at radius 2 is 2.04 bits per heavy atom. The largest absolute Gasteiger partial charge is 0.465 e. The van der Waals surface area contributed by atoms with Gasteiger partial charge in [0.2, 0.25) is 15.9 Å². The third kappa shape index (κ3) is 4.96. The van der Waals surface area contributed by atoms with Gasteiger partial charge in [-0.15, -0.1) is 0 Å². The van der Waals surface area contributed by atoms with Gasteiger partial charge in [0.05, 0.1) is 13.7 Å². The van der Waals surface area contributed by atoms with Crippen LogP contribution in [0, 0.1) is 6.92 Å². The van der Waals surface area contributed by atoms with Gasteiger partial charge in [0.25, 0.3) is 0 Å². The third-order valence-corrected chi connectivity index (χ3v) is 5.01. The van der Waals surface area contributed by atoms with Crippen molar-refractivity contribution in [1.82, 2.24) is 14.6 Å². The van der Waals surface area contributed by atoms with Gasteiger partial charge in [-0.05, 0) is 25.1 Å². The minimum absolute atomic E-state index is 0.0321. The van der Waals surface area contributed by atoms with Crippen molar-refractivity contribution in [2.45, 2.75) is 24.8 Å². The van der Waals surface area contributed by atoms with Gasteiger partial charge < -0.3 is 19.0 Å². The summed E-state index contributed by atoms with van der Waals surface area (Å²) in [6.45, 7) is 1.96. The number of hydrogen-bond acceptors (Lipinski definition) is 6. The van der Waals surface area contributed by atoms with Crippen LogP contribution in [-0.4, -0.2) is 38.5 Å². The number of furan rings is 1. The van der Waals surface area contributed by atoms with E-state index in [0.29, 0.717) is 5.76 Å². The van der Waals surface area contributed by atoms with Crippen molar-refractivity contribution in [2.75, 3.05) is 13.7 Å². The van der Waals surface area contributed by atoms with Crippen molar-refractivity contribution in [3.05, 3.63) is 41.6 Å². The van der Waals surface area contributed by atoms with E-state index >= 15 is 0 Å². The Hall–Kier alpha value is -2.59. The zero-order valence-corrected chi connectivity index (χ0v) is 15.6. The van der Waals surface area contributed by atoms with Gasteiger partial charge in [-0.25, -0.2) is 17.9 Å². The SMILES string of the molecule is COC(=O)c1cc(S(=O)(=O)NCCC(=O)NCc2ccc(C)o2)cn1C. The van der Waals surface area contributed by atoms with Crippen LogP contribution >= 0.6 is 0 Å². The number of nitrogens with one attached hydrogen (secondary N) is 2. The van der Waals surface area contributed by atoms with Crippen LogP contribution < -0.4 is 10.0 Å². The number of ether oxygens (including phenoxy) is 1. The molecule has 142 valence electrons. The van der Waals surface area contributed by atoms with Crippen molar-refractivity contribution < 1.29 is 27.2 Å². The summed E-state index contributed by atoms with van der Waals surface area (Å²) in [6.07, 6.45) is 1.27. The Bertz CT molecular complexity index is 897. The molecule has 0 aliphatic rings. The van der Waals surface area contributed by atoms with E-state index in [1.807, 2.05) is 0 Å². The van der Waals surface area contributed by atoms with Gasteiger partial charge in [-0.1, -0.05) is 0 Å². The molecule has 1 amide bonds. The number of rotatable bonds is 8. The number of carbonyl (C=O) groups is 2. The molecular weight excluding hydrogens is 362 g/mol. The lowest BCUT2D eigenvalue weighted by molar-refractivity contribution is -0.121. The number of methoxy groups -OCH3 is 1. The molecule has 9 nitrogen and oxygen atoms in total. The Labute approximate surface area is 151 Å². The first-order chi connectivity index (χ1) is 12.2. The fourth-order valence-electron chi connectivity index (χ4n) is 2.23. The smallest absolute Gasteiger partial charge is 0.354 e. The van der Waals surface area contributed by atoms with Crippen molar-refractivity contribution >= 4 is 21.9 Å². The monoisotopic (exact) mass is 383 g/mol. The maximum Gasteiger partial charge on any atom is 0.354 e. The first kappa shape index (κ1) is 19.7. The highest BCUT2D eigenvalue weighted by Crippen LogP contribution is 2.14. The van der Waals surface area contributed by atoms with Crippen LogP contribution in [0.4, 0.5) is 0 Å². The summed E-state index contributed by atoms with van der Waals surface area (Å²) in [5, 5.41) is 2.64. The highest BCUT2D eigenvalue weighted by molar-refractivity contribution is 7.89. The van der Waals surface area contributed by atoms with E-state index in [2.05, 4.69) is 14.8 Å². The summed E-state index contributed by atoms with van der Waals surface area (Å²) < 4.78 is 38.1. The lowest BCUT2D eigenvalue weighted by Gasteiger charge is -2.05. The van der Waals surface area contributed by atoms with Gasteiger partial charge >= 0.3 is 5.97 Å². The summed E-state index contributed by atoms with van der Waals surface area (Å²) >= 11 is 0. The molecule has 0 saturated carbocycles. The predicted molar refractivity (Wildman–Crippen MR) is 91.8 cm³/mol. The van der Waals surface area contributed by atoms with Crippen molar-refractivity contribution in [1.29, 1.82) is 0 Å². The lowest BCUT2D eigenvalue weighted by Crippen LogP contribution is -2.30. The van der Waals surface area contributed by atoms with Crippen LogP contribution in [0.15, 0.2) is 33.7 Å². The Kier molecular flexibility index (Phi) is 6.22. The summed E-state index contributed by atoms with van der Waals surface area (Å²) in [5.74, 6) is 0.416. The van der Waals surface area contributed by atoms with E-state index in [4.69, 9.17) is 4.42 Å². The molecule has 0 saturated heterocycles. The zero-order chi connectivity index (χ0) is 19.3. The molecule has 10 heteroatoms. The number of sulfonamides is 1. The highest BCUT2D eigenvalue weighted by Gasteiger charge is 2.20. The Balaban J connectivity index is 1.86. The van der Waals surface area contributed by atoms with Crippen LogP contribution in [0.25, 0.3) is 0 Å².